The number of nitrogens with zero attached hydrogens (tertiary/aromatic N) is 1. The van der Waals surface area contributed by atoms with Crippen molar-refractivity contribution in [1.82, 2.24) is 0 Å². The number of benzene rings is 3. The van der Waals surface area contributed by atoms with E-state index < -0.39 is 5.92 Å². The first-order chi connectivity index (χ1) is 14.0. The predicted molar refractivity (Wildman–Crippen MR) is 115 cm³/mol. The lowest BCUT2D eigenvalue weighted by atomic mass is 9.78. The summed E-state index contributed by atoms with van der Waals surface area (Å²) in [7, 11) is 5.12. The normalized spacial score (nSPS) is 15.4. The number of nitrogen functional groups attached to an aromatic ring is 1. The number of ether oxygens (including phenoxy) is 3. The van der Waals surface area contributed by atoms with Crippen molar-refractivity contribution in [1.29, 1.82) is 5.26 Å². The lowest BCUT2D eigenvalue weighted by molar-refractivity contribution is 0.356. The van der Waals surface area contributed by atoms with Crippen LogP contribution in [0.2, 0.25) is 0 Å². The molecule has 1 aliphatic rings. The van der Waals surface area contributed by atoms with Crippen LogP contribution in [0.1, 0.15) is 17.0 Å². The highest BCUT2D eigenvalue weighted by Gasteiger charge is 2.34. The molecule has 0 amide bonds. The Labute approximate surface area is 169 Å². The highest BCUT2D eigenvalue weighted by Crippen LogP contribution is 2.49. The van der Waals surface area contributed by atoms with Gasteiger partial charge in [0.2, 0.25) is 5.88 Å². The van der Waals surface area contributed by atoms with Gasteiger partial charge in [-0.25, -0.2) is 0 Å². The first-order valence-electron chi connectivity index (χ1n) is 9.11. The third-order valence-electron chi connectivity index (χ3n) is 5.26. The second kappa shape index (κ2) is 6.99. The molecule has 4 rings (SSSR count). The topological polar surface area (TPSA) is 104 Å². The maximum atomic E-state index is 9.90. The van der Waals surface area contributed by atoms with Crippen molar-refractivity contribution in [2.45, 2.75) is 5.92 Å². The van der Waals surface area contributed by atoms with Crippen LogP contribution in [0.15, 0.2) is 53.9 Å². The number of methoxy groups -OCH3 is 2. The van der Waals surface area contributed by atoms with Gasteiger partial charge in [0.25, 0.3) is 0 Å². The fraction of sp³-hybridized carbons (Fsp3) is 0.136. The molecule has 0 aromatic heterocycles. The van der Waals surface area contributed by atoms with E-state index in [9.17, 15) is 5.26 Å². The van der Waals surface area contributed by atoms with Gasteiger partial charge in [-0.2, -0.15) is 5.26 Å². The molecule has 1 aliphatic heterocycles. The average molecular weight is 385 g/mol. The molecule has 144 valence electrons. The fourth-order valence-electron chi connectivity index (χ4n) is 4.03. The Morgan fingerprint density at radius 3 is 2.55 bits per heavy atom. The summed E-state index contributed by atoms with van der Waals surface area (Å²) in [5.41, 5.74) is 15.8. The van der Waals surface area contributed by atoms with Gasteiger partial charge in [0.15, 0.2) is 17.2 Å². The molecule has 29 heavy (non-hydrogen) atoms. The molecule has 3 aromatic carbocycles. The van der Waals surface area contributed by atoms with Crippen molar-refractivity contribution in [3.8, 4) is 23.3 Å². The standard InChI is InChI=1S/C22H20BN3O3/c1-27-17-9-12(7-15(23)20(17)28-2)18-14(10-24)22(26)29-21-16(25)8-11-5-3-4-6-13(11)19(18)21/h3-9,18H,23,25-26H2,1-2H3. The Hall–Kier alpha value is -3.79. The molecule has 4 N–H and O–H groups in total. The Bertz CT molecular complexity index is 1210. The first kappa shape index (κ1) is 18.6. The second-order valence-electron chi connectivity index (χ2n) is 6.93. The van der Waals surface area contributed by atoms with E-state index in [4.69, 9.17) is 25.7 Å². The summed E-state index contributed by atoms with van der Waals surface area (Å²) in [6, 6.07) is 15.8. The van der Waals surface area contributed by atoms with Gasteiger partial charge >= 0.3 is 0 Å². The van der Waals surface area contributed by atoms with E-state index in [1.54, 1.807) is 14.2 Å². The summed E-state index contributed by atoms with van der Waals surface area (Å²) >= 11 is 0. The molecule has 1 unspecified atom stereocenters. The van der Waals surface area contributed by atoms with Crippen molar-refractivity contribution >= 4 is 29.8 Å². The van der Waals surface area contributed by atoms with Gasteiger partial charge in [0.1, 0.15) is 19.5 Å². The maximum Gasteiger partial charge on any atom is 0.205 e. The monoisotopic (exact) mass is 385 g/mol. The number of fused-ring (bicyclic) bond motifs is 3. The van der Waals surface area contributed by atoms with Crippen molar-refractivity contribution in [3.05, 3.63) is 65.0 Å². The van der Waals surface area contributed by atoms with Crippen LogP contribution in [-0.4, -0.2) is 22.1 Å². The SMILES string of the molecule is Bc1cc(C2C(C#N)=C(N)Oc3c(N)cc4ccccc4c32)cc(OC)c1OC. The molecule has 0 bridgehead atoms. The zero-order valence-electron chi connectivity index (χ0n) is 16.4. The minimum absolute atomic E-state index is 0.0550. The first-order valence-corrected chi connectivity index (χ1v) is 9.11. The molecule has 0 spiro atoms. The van der Waals surface area contributed by atoms with Crippen molar-refractivity contribution < 1.29 is 14.2 Å². The van der Waals surface area contributed by atoms with E-state index in [2.05, 4.69) is 6.07 Å². The summed E-state index contributed by atoms with van der Waals surface area (Å²) in [6.07, 6.45) is 0. The minimum Gasteiger partial charge on any atom is -0.493 e. The molecule has 0 radical (unpaired) electrons. The van der Waals surface area contributed by atoms with Gasteiger partial charge in [-0.1, -0.05) is 30.3 Å². The number of rotatable bonds is 3. The molecule has 0 saturated carbocycles. The molecule has 0 saturated heterocycles. The summed E-state index contributed by atoms with van der Waals surface area (Å²) < 4.78 is 16.8. The highest BCUT2D eigenvalue weighted by molar-refractivity contribution is 6.34. The Balaban J connectivity index is 2.09. The quantitative estimate of drug-likeness (QED) is 0.527. The van der Waals surface area contributed by atoms with Gasteiger partial charge in [0, 0.05) is 5.56 Å². The van der Waals surface area contributed by atoms with Crippen molar-refractivity contribution in [3.63, 3.8) is 0 Å². The lowest BCUT2D eigenvalue weighted by Gasteiger charge is -2.29. The van der Waals surface area contributed by atoms with Crippen LogP contribution in [-0.2, 0) is 0 Å². The summed E-state index contributed by atoms with van der Waals surface area (Å²) in [6.45, 7) is 0. The highest BCUT2D eigenvalue weighted by atomic mass is 16.5. The van der Waals surface area contributed by atoms with Crippen LogP contribution in [0.5, 0.6) is 17.2 Å². The van der Waals surface area contributed by atoms with E-state index in [1.807, 2.05) is 50.3 Å². The van der Waals surface area contributed by atoms with Crippen LogP contribution in [0.4, 0.5) is 5.69 Å². The van der Waals surface area contributed by atoms with Gasteiger partial charge in [-0.15, -0.1) is 0 Å². The lowest BCUT2D eigenvalue weighted by Crippen LogP contribution is -2.23. The number of hydrogen-bond donors (Lipinski definition) is 2. The molecule has 1 heterocycles. The van der Waals surface area contributed by atoms with E-state index in [1.165, 1.54) is 0 Å². The third kappa shape index (κ3) is 2.81. The maximum absolute atomic E-state index is 9.90. The number of allylic oxidation sites excluding steroid dienone is 1. The van der Waals surface area contributed by atoms with Gasteiger partial charge < -0.3 is 25.7 Å². The number of nitrogens with two attached hydrogens (primary N) is 2. The molecule has 3 aromatic rings. The van der Waals surface area contributed by atoms with E-state index in [-0.39, 0.29) is 5.88 Å². The van der Waals surface area contributed by atoms with Crippen molar-refractivity contribution in [2.75, 3.05) is 20.0 Å². The molecule has 7 heteroatoms. The van der Waals surface area contributed by atoms with E-state index in [0.717, 1.165) is 27.4 Å². The van der Waals surface area contributed by atoms with E-state index >= 15 is 0 Å². The Morgan fingerprint density at radius 1 is 1.10 bits per heavy atom. The second-order valence-corrected chi connectivity index (χ2v) is 6.93. The molecule has 0 aliphatic carbocycles. The minimum atomic E-state index is -0.448. The van der Waals surface area contributed by atoms with Gasteiger partial charge in [0.05, 0.1) is 25.8 Å². The Morgan fingerprint density at radius 2 is 1.86 bits per heavy atom. The predicted octanol–water partition coefficient (Wildman–Crippen LogP) is 1.92. The van der Waals surface area contributed by atoms with Crippen LogP contribution in [0, 0.1) is 11.3 Å². The number of hydrogen-bond acceptors (Lipinski definition) is 6. The zero-order valence-corrected chi connectivity index (χ0v) is 16.4. The fourth-order valence-corrected chi connectivity index (χ4v) is 4.03. The molecular weight excluding hydrogens is 365 g/mol. The van der Waals surface area contributed by atoms with Crippen LogP contribution >= 0.6 is 0 Å². The van der Waals surface area contributed by atoms with Gasteiger partial charge in [-0.05, 0) is 33.9 Å². The largest absolute Gasteiger partial charge is 0.493 e. The third-order valence-corrected chi connectivity index (χ3v) is 5.26. The van der Waals surface area contributed by atoms with Crippen LogP contribution in [0.3, 0.4) is 0 Å². The average Bonchev–Trinajstić information content (AvgIpc) is 2.72. The van der Waals surface area contributed by atoms with E-state index in [0.29, 0.717) is 28.5 Å². The van der Waals surface area contributed by atoms with Gasteiger partial charge in [-0.3, -0.25) is 0 Å². The summed E-state index contributed by atoms with van der Waals surface area (Å²) in [4.78, 5) is 0. The van der Waals surface area contributed by atoms with Crippen molar-refractivity contribution in [2.24, 2.45) is 5.73 Å². The summed E-state index contributed by atoms with van der Waals surface area (Å²) in [5.74, 6) is 1.32. The van der Waals surface area contributed by atoms with Crippen LogP contribution < -0.4 is 31.1 Å². The smallest absolute Gasteiger partial charge is 0.205 e. The zero-order chi connectivity index (χ0) is 20.7. The molecule has 6 nitrogen and oxygen atoms in total. The molecule has 1 atom stereocenters. The molecule has 0 fully saturated rings. The number of nitriles is 1. The summed E-state index contributed by atoms with van der Waals surface area (Å²) in [5, 5.41) is 11.8. The van der Waals surface area contributed by atoms with Crippen LogP contribution in [0.25, 0.3) is 10.8 Å². The molecular formula is C22H20BN3O3. The Kier molecular flexibility index (Phi) is 4.48. The number of anilines is 1.